The zero-order valence-corrected chi connectivity index (χ0v) is 23.2. The molecule has 1 unspecified atom stereocenters. The Balaban J connectivity index is 1.25. The number of carbonyl (C=O) groups is 2. The molecule has 0 aromatic rings. The summed E-state index contributed by atoms with van der Waals surface area (Å²) >= 11 is 0. The van der Waals surface area contributed by atoms with Gasteiger partial charge >= 0.3 is 11.9 Å². The average Bonchev–Trinajstić information content (AvgIpc) is 3.81. The van der Waals surface area contributed by atoms with Crippen LogP contribution in [-0.4, -0.2) is 108 Å². The molecule has 11 heteroatoms. The van der Waals surface area contributed by atoms with Crippen LogP contribution in [0.15, 0.2) is 24.3 Å². The number of cyclic esters (lactones) is 1. The van der Waals surface area contributed by atoms with Crippen molar-refractivity contribution in [2.45, 2.75) is 113 Å². The van der Waals surface area contributed by atoms with Crippen LogP contribution in [0.3, 0.4) is 0 Å². The number of esters is 2. The lowest BCUT2D eigenvalue weighted by molar-refractivity contribution is -0.251. The molecule has 5 aliphatic heterocycles. The first-order valence-corrected chi connectivity index (χ1v) is 14.3. The third-order valence-electron chi connectivity index (χ3n) is 11.1. The van der Waals surface area contributed by atoms with Gasteiger partial charge in [-0.25, -0.2) is 9.59 Å². The van der Waals surface area contributed by atoms with E-state index in [1.54, 1.807) is 26.0 Å². The molecule has 4 saturated heterocycles. The third-order valence-corrected chi connectivity index (χ3v) is 11.1. The molecule has 2 bridgehead atoms. The van der Waals surface area contributed by atoms with Crippen LogP contribution >= 0.6 is 0 Å². The topological polar surface area (TPSA) is 149 Å². The summed E-state index contributed by atoms with van der Waals surface area (Å²) in [5, 5.41) is 20.9. The number of ether oxygens (including phenoxy) is 7. The van der Waals surface area contributed by atoms with Crippen molar-refractivity contribution in [2.24, 2.45) is 10.8 Å². The molecule has 7 aliphatic rings. The number of aliphatic hydroxyl groups excluding tert-OH is 2. The first kappa shape index (κ1) is 27.0. The minimum atomic E-state index is -1.18. The normalized spacial score (nSPS) is 57.2. The molecule has 11 nitrogen and oxygen atoms in total. The van der Waals surface area contributed by atoms with Gasteiger partial charge < -0.3 is 43.4 Å². The van der Waals surface area contributed by atoms with Crippen molar-refractivity contribution >= 4 is 11.9 Å². The highest BCUT2D eigenvalue weighted by molar-refractivity contribution is 5.82. The van der Waals surface area contributed by atoms with Crippen LogP contribution < -0.4 is 0 Å². The summed E-state index contributed by atoms with van der Waals surface area (Å²) in [5.41, 5.74) is -3.54. The Morgan fingerprint density at radius 2 is 1.80 bits per heavy atom. The van der Waals surface area contributed by atoms with Crippen molar-refractivity contribution in [1.29, 1.82) is 0 Å². The molecule has 2 N–H and O–H groups in total. The van der Waals surface area contributed by atoms with Gasteiger partial charge in [0.05, 0.1) is 42.5 Å². The molecule has 6 fully saturated rings. The van der Waals surface area contributed by atoms with E-state index >= 15 is 0 Å². The number of hydrogen-bond acceptors (Lipinski definition) is 11. The number of hydrogen-bond donors (Lipinski definition) is 2. The number of fused-ring (bicyclic) bond motifs is 3. The minimum Gasteiger partial charge on any atom is -0.463 e. The van der Waals surface area contributed by atoms with Crippen LogP contribution in [0.4, 0.5) is 0 Å². The Morgan fingerprint density at radius 1 is 1.02 bits per heavy atom. The lowest BCUT2D eigenvalue weighted by atomic mass is 9.50. The highest BCUT2D eigenvalue weighted by Gasteiger charge is 2.86. The first-order valence-electron chi connectivity index (χ1n) is 14.3. The van der Waals surface area contributed by atoms with E-state index in [-0.39, 0.29) is 37.1 Å². The van der Waals surface area contributed by atoms with Crippen LogP contribution in [-0.2, 0) is 42.7 Å². The summed E-state index contributed by atoms with van der Waals surface area (Å²) in [4.78, 5) is 26.4. The van der Waals surface area contributed by atoms with Gasteiger partial charge in [-0.3, -0.25) is 0 Å². The molecule has 40 heavy (non-hydrogen) atoms. The maximum atomic E-state index is 13.4. The molecular formula is C29H38O11. The van der Waals surface area contributed by atoms with E-state index in [0.717, 1.165) is 6.42 Å². The molecule has 5 heterocycles. The minimum absolute atomic E-state index is 0.0139. The monoisotopic (exact) mass is 562 g/mol. The summed E-state index contributed by atoms with van der Waals surface area (Å²) in [6.45, 7) is 7.67. The largest absolute Gasteiger partial charge is 0.463 e. The molecule has 0 aromatic heterocycles. The number of carbonyl (C=O) groups excluding carboxylic acids is 2. The second-order valence-electron chi connectivity index (χ2n) is 13.2. The van der Waals surface area contributed by atoms with Crippen molar-refractivity contribution in [3.63, 3.8) is 0 Å². The van der Waals surface area contributed by atoms with Crippen LogP contribution in [0.5, 0.6) is 0 Å². The van der Waals surface area contributed by atoms with Crippen molar-refractivity contribution in [2.75, 3.05) is 19.8 Å². The number of epoxide rings is 3. The van der Waals surface area contributed by atoms with Gasteiger partial charge in [0.25, 0.3) is 0 Å². The lowest BCUT2D eigenvalue weighted by Crippen LogP contribution is -2.69. The zero-order chi connectivity index (χ0) is 28.3. The Kier molecular flexibility index (Phi) is 5.80. The second kappa shape index (κ2) is 8.59. The number of allylic oxidation sites excluding steroid dienone is 2. The highest BCUT2D eigenvalue weighted by Crippen LogP contribution is 2.75. The standard InChI is InChI=1S/C29H38O11/c1-15(30)16-7-5-6-8-20(32)37-18-11-19-29(14-36-29)27(18,4)28(10-9-25(2)21(39-25)22(28)38-19)13-35-24(33)23-26(3,40-23)17(31)12-34-16/h5-8,15-19,21-23,30-31H,9-14H2,1-4H3/b7-5+,8-6-/t15-,16-,17+,18-,19-,21+,22-,23-,25-,26-,27-,28-,29?/m1/s1. The Labute approximate surface area is 232 Å². The van der Waals surface area contributed by atoms with Crippen LogP contribution in [0.25, 0.3) is 0 Å². The van der Waals surface area contributed by atoms with Gasteiger partial charge in [0.2, 0.25) is 0 Å². The predicted molar refractivity (Wildman–Crippen MR) is 135 cm³/mol. The molecule has 2 aliphatic carbocycles. The Morgan fingerprint density at radius 3 is 2.52 bits per heavy atom. The highest BCUT2D eigenvalue weighted by atomic mass is 16.7. The van der Waals surface area contributed by atoms with Crippen molar-refractivity contribution in [1.82, 2.24) is 0 Å². The second-order valence-corrected chi connectivity index (χ2v) is 13.2. The van der Waals surface area contributed by atoms with E-state index in [4.69, 9.17) is 33.2 Å². The fourth-order valence-corrected chi connectivity index (χ4v) is 8.09. The fraction of sp³-hybridized carbons (Fsp3) is 0.793. The van der Waals surface area contributed by atoms with E-state index in [1.165, 1.54) is 12.2 Å². The lowest BCUT2D eigenvalue weighted by Gasteiger charge is -2.58. The average molecular weight is 563 g/mol. The molecule has 2 saturated carbocycles. The number of rotatable bonds is 1. The van der Waals surface area contributed by atoms with Gasteiger partial charge in [-0.2, -0.15) is 0 Å². The number of aliphatic hydroxyl groups is 2. The molecule has 7 rings (SSSR count). The zero-order valence-electron chi connectivity index (χ0n) is 23.2. The summed E-state index contributed by atoms with van der Waals surface area (Å²) < 4.78 is 42.6. The smallest absolute Gasteiger partial charge is 0.338 e. The SMILES string of the molecule is C[C@@H](O)[C@H]1/C=C/C=C\C(=O)O[C@@H]2C[C@H]3O[C@@H]4[C@@H]5O[C@]5(C)CC[C@]4(COC(=O)[C@H]4O[C@]4(C)[C@@H](O)CO1)[C@]2(C)C31CO1. The Hall–Kier alpha value is -1.86. The van der Waals surface area contributed by atoms with Gasteiger partial charge in [-0.1, -0.05) is 25.2 Å². The molecular weight excluding hydrogens is 524 g/mol. The summed E-state index contributed by atoms with van der Waals surface area (Å²) in [6, 6.07) is 0. The van der Waals surface area contributed by atoms with Crippen molar-refractivity contribution in [3.05, 3.63) is 24.3 Å². The van der Waals surface area contributed by atoms with Gasteiger partial charge in [0.15, 0.2) is 6.10 Å². The first-order chi connectivity index (χ1) is 18.9. The van der Waals surface area contributed by atoms with Gasteiger partial charge in [-0.15, -0.1) is 0 Å². The molecule has 13 atom stereocenters. The van der Waals surface area contributed by atoms with Crippen LogP contribution in [0, 0.1) is 10.8 Å². The third kappa shape index (κ3) is 3.55. The molecule has 0 radical (unpaired) electrons. The summed E-state index contributed by atoms with van der Waals surface area (Å²) in [7, 11) is 0. The van der Waals surface area contributed by atoms with Crippen molar-refractivity contribution in [3.8, 4) is 0 Å². The van der Waals surface area contributed by atoms with E-state index in [1.807, 2.05) is 0 Å². The van der Waals surface area contributed by atoms with Gasteiger partial charge in [0, 0.05) is 17.9 Å². The summed E-state index contributed by atoms with van der Waals surface area (Å²) in [6.07, 6.45) is 2.83. The van der Waals surface area contributed by atoms with E-state index in [0.29, 0.717) is 19.4 Å². The van der Waals surface area contributed by atoms with Gasteiger partial charge in [0.1, 0.15) is 42.2 Å². The van der Waals surface area contributed by atoms with Gasteiger partial charge in [-0.05, 0) is 33.6 Å². The molecule has 0 amide bonds. The quantitative estimate of drug-likeness (QED) is 0.344. The van der Waals surface area contributed by atoms with E-state index in [9.17, 15) is 19.8 Å². The van der Waals surface area contributed by atoms with Crippen LogP contribution in [0.1, 0.15) is 47.0 Å². The van der Waals surface area contributed by atoms with Crippen molar-refractivity contribution < 1.29 is 53.0 Å². The van der Waals surface area contributed by atoms with E-state index in [2.05, 4.69) is 13.8 Å². The molecule has 0 aromatic carbocycles. The molecule has 220 valence electrons. The maximum Gasteiger partial charge on any atom is 0.338 e. The predicted octanol–water partition coefficient (Wildman–Crippen LogP) is 0.736. The molecule has 2 spiro atoms. The maximum absolute atomic E-state index is 13.4. The Bertz CT molecular complexity index is 1160. The summed E-state index contributed by atoms with van der Waals surface area (Å²) in [5.74, 6) is -1.10. The fourth-order valence-electron chi connectivity index (χ4n) is 8.09. The van der Waals surface area contributed by atoms with E-state index < -0.39 is 64.5 Å². The van der Waals surface area contributed by atoms with Crippen LogP contribution in [0.2, 0.25) is 0 Å².